The van der Waals surface area contributed by atoms with Crippen LogP contribution in [0.5, 0.6) is 0 Å². The smallest absolute Gasteiger partial charge is 0.337 e. The van der Waals surface area contributed by atoms with Gasteiger partial charge in [-0.3, -0.25) is 14.4 Å². The number of carbonyl (C=O) groups is 4. The van der Waals surface area contributed by atoms with Crippen LogP contribution in [0.3, 0.4) is 0 Å². The summed E-state index contributed by atoms with van der Waals surface area (Å²) in [6.45, 7) is 7.14. The van der Waals surface area contributed by atoms with Crippen molar-refractivity contribution < 1.29 is 48.0 Å². The van der Waals surface area contributed by atoms with Crippen molar-refractivity contribution >= 4 is 23.9 Å². The van der Waals surface area contributed by atoms with Crippen LogP contribution in [0.4, 0.5) is 0 Å². The molecule has 0 radical (unpaired) electrons. The Morgan fingerprint density at radius 3 is 1.77 bits per heavy atom. The lowest BCUT2D eigenvalue weighted by Crippen LogP contribution is -2.63. The van der Waals surface area contributed by atoms with Crippen molar-refractivity contribution in [3.05, 3.63) is 0 Å². The zero-order chi connectivity index (χ0) is 20.0. The van der Waals surface area contributed by atoms with Gasteiger partial charge < -0.3 is 28.8 Å². The second kappa shape index (κ2) is 9.48. The zero-order valence-corrected chi connectivity index (χ0v) is 15.3. The molecule has 5 atom stereocenters. The molecule has 0 amide bonds. The van der Waals surface area contributed by atoms with Crippen LogP contribution >= 0.6 is 0 Å². The fourth-order valence-electron chi connectivity index (χ4n) is 2.39. The molecule has 0 aliphatic carbocycles. The summed E-state index contributed by atoms with van der Waals surface area (Å²) in [5.41, 5.74) is 0. The summed E-state index contributed by atoms with van der Waals surface area (Å²) >= 11 is 0. The van der Waals surface area contributed by atoms with Crippen molar-refractivity contribution in [1.29, 1.82) is 0 Å². The van der Waals surface area contributed by atoms with E-state index in [2.05, 4.69) is 0 Å². The first-order valence-corrected chi connectivity index (χ1v) is 8.04. The quantitative estimate of drug-likeness (QED) is 0.487. The third-order valence-electron chi connectivity index (χ3n) is 3.24. The molecular formula is C16H24O10. The van der Waals surface area contributed by atoms with E-state index in [0.717, 1.165) is 20.8 Å². The molecule has 26 heavy (non-hydrogen) atoms. The molecule has 0 saturated carbocycles. The van der Waals surface area contributed by atoms with Crippen LogP contribution in [-0.2, 0) is 42.9 Å². The second-order valence-electron chi connectivity index (χ2n) is 6.21. The van der Waals surface area contributed by atoms with Gasteiger partial charge in [0.2, 0.25) is 0 Å². The molecule has 0 aromatic heterocycles. The van der Waals surface area contributed by atoms with Gasteiger partial charge in [-0.15, -0.1) is 0 Å². The van der Waals surface area contributed by atoms with E-state index < -0.39 is 54.6 Å². The Morgan fingerprint density at radius 2 is 1.35 bits per heavy atom. The Morgan fingerprint density at radius 1 is 0.885 bits per heavy atom. The molecule has 148 valence electrons. The first-order valence-electron chi connectivity index (χ1n) is 8.04. The van der Waals surface area contributed by atoms with Gasteiger partial charge in [-0.2, -0.15) is 0 Å². The molecule has 10 heteroatoms. The minimum atomic E-state index is -1.67. The maximum absolute atomic E-state index is 11.6. The highest BCUT2D eigenvalue weighted by Gasteiger charge is 2.54. The van der Waals surface area contributed by atoms with Crippen molar-refractivity contribution in [3.63, 3.8) is 0 Å². The first kappa shape index (κ1) is 21.8. The molecule has 0 bridgehead atoms. The summed E-state index contributed by atoms with van der Waals surface area (Å²) in [6.07, 6.45) is -7.23. The summed E-state index contributed by atoms with van der Waals surface area (Å²) in [5.74, 6) is -3.71. The highest BCUT2D eigenvalue weighted by molar-refractivity contribution is 5.75. The zero-order valence-electron chi connectivity index (χ0n) is 15.3. The summed E-state index contributed by atoms with van der Waals surface area (Å²) < 4.78 is 26.1. The fraction of sp³-hybridized carbons (Fsp3) is 0.750. The van der Waals surface area contributed by atoms with E-state index in [1.54, 1.807) is 0 Å². The van der Waals surface area contributed by atoms with E-state index in [4.69, 9.17) is 23.7 Å². The van der Waals surface area contributed by atoms with Gasteiger partial charge in [0, 0.05) is 20.8 Å². The van der Waals surface area contributed by atoms with Gasteiger partial charge in [0.15, 0.2) is 30.7 Å². The lowest BCUT2D eigenvalue weighted by atomic mass is 9.97. The van der Waals surface area contributed by atoms with Crippen molar-refractivity contribution in [1.82, 2.24) is 0 Å². The number of carboxylic acids is 1. The van der Waals surface area contributed by atoms with Gasteiger partial charge in [0.05, 0.1) is 6.61 Å². The summed E-state index contributed by atoms with van der Waals surface area (Å²) in [6, 6.07) is 0. The van der Waals surface area contributed by atoms with Crippen molar-refractivity contribution in [3.8, 4) is 0 Å². The normalized spacial score (nSPS) is 28.3. The third kappa shape index (κ3) is 6.26. The van der Waals surface area contributed by atoms with Crippen molar-refractivity contribution in [2.75, 3.05) is 6.61 Å². The Kier molecular flexibility index (Phi) is 7.97. The van der Waals surface area contributed by atoms with Crippen LogP contribution in [0.2, 0.25) is 0 Å². The average Bonchev–Trinajstić information content (AvgIpc) is 2.47. The van der Waals surface area contributed by atoms with E-state index in [0.29, 0.717) is 0 Å². The number of rotatable bonds is 7. The second-order valence-corrected chi connectivity index (χ2v) is 6.21. The van der Waals surface area contributed by atoms with Crippen LogP contribution in [0.25, 0.3) is 0 Å². The highest BCUT2D eigenvalue weighted by Crippen LogP contribution is 2.30. The predicted molar refractivity (Wildman–Crippen MR) is 83.7 cm³/mol. The molecule has 10 nitrogen and oxygen atoms in total. The number of carbonyl (C=O) groups excluding carboxylic acids is 3. The number of esters is 3. The van der Waals surface area contributed by atoms with Crippen molar-refractivity contribution in [2.45, 2.75) is 65.3 Å². The molecule has 1 rings (SSSR count). The number of aliphatic carboxylic acids is 1. The summed E-state index contributed by atoms with van der Waals surface area (Å²) in [4.78, 5) is 45.9. The molecule has 0 aromatic carbocycles. The number of hydrogen-bond donors (Lipinski definition) is 1. The maximum atomic E-state index is 11.6. The minimum Gasteiger partial charge on any atom is -0.479 e. The molecule has 1 aliphatic rings. The Labute approximate surface area is 150 Å². The standard InChI is InChI=1S/C16H24O10/c1-7(2)6-22-16-14(25-10(5)19)12(24-9(4)18)11(23-8(3)17)13(26-16)15(20)21/h7,11-14,16H,6H2,1-5H3,(H,20,21). The van der Waals surface area contributed by atoms with Gasteiger partial charge in [-0.25, -0.2) is 4.79 Å². The van der Waals surface area contributed by atoms with Crippen molar-refractivity contribution in [2.24, 2.45) is 5.92 Å². The van der Waals surface area contributed by atoms with Crippen LogP contribution in [0, 0.1) is 5.92 Å². The first-order chi connectivity index (χ1) is 12.0. The number of ether oxygens (including phenoxy) is 5. The van der Waals surface area contributed by atoms with Gasteiger partial charge in [-0.05, 0) is 5.92 Å². The van der Waals surface area contributed by atoms with Gasteiger partial charge in [-0.1, -0.05) is 13.8 Å². The molecule has 1 aliphatic heterocycles. The number of hydrogen-bond acceptors (Lipinski definition) is 9. The monoisotopic (exact) mass is 376 g/mol. The Hall–Kier alpha value is -2.20. The van der Waals surface area contributed by atoms with Crippen LogP contribution in [0.1, 0.15) is 34.6 Å². The SMILES string of the molecule is CC(=O)OC1C(OCC(C)C)OC(C(=O)O)C(OC(C)=O)C1OC(C)=O. The highest BCUT2D eigenvalue weighted by atomic mass is 16.7. The molecule has 0 spiro atoms. The van der Waals surface area contributed by atoms with Crippen LogP contribution in [-0.4, -0.2) is 66.3 Å². The van der Waals surface area contributed by atoms with Crippen LogP contribution < -0.4 is 0 Å². The average molecular weight is 376 g/mol. The van der Waals surface area contributed by atoms with E-state index in [1.807, 2.05) is 13.8 Å². The molecule has 0 aromatic rings. The minimum absolute atomic E-state index is 0.0678. The fourth-order valence-corrected chi connectivity index (χ4v) is 2.39. The van der Waals surface area contributed by atoms with E-state index >= 15 is 0 Å². The van der Waals surface area contributed by atoms with E-state index in [9.17, 15) is 24.3 Å². The lowest BCUT2D eigenvalue weighted by Gasteiger charge is -2.43. The lowest BCUT2D eigenvalue weighted by molar-refractivity contribution is -0.302. The molecule has 1 N–H and O–H groups in total. The molecule has 1 heterocycles. The molecular weight excluding hydrogens is 352 g/mol. The van der Waals surface area contributed by atoms with Gasteiger partial charge in [0.1, 0.15) is 0 Å². The third-order valence-corrected chi connectivity index (χ3v) is 3.24. The molecule has 1 fully saturated rings. The Bertz CT molecular complexity index is 543. The topological polar surface area (TPSA) is 135 Å². The number of carboxylic acid groups (broad SMARTS) is 1. The maximum Gasteiger partial charge on any atom is 0.337 e. The summed E-state index contributed by atoms with van der Waals surface area (Å²) in [7, 11) is 0. The Balaban J connectivity index is 3.27. The van der Waals surface area contributed by atoms with E-state index in [-0.39, 0.29) is 12.5 Å². The molecule has 1 saturated heterocycles. The largest absolute Gasteiger partial charge is 0.479 e. The predicted octanol–water partition coefficient (Wildman–Crippen LogP) is 0.264. The summed E-state index contributed by atoms with van der Waals surface area (Å²) in [5, 5.41) is 9.42. The van der Waals surface area contributed by atoms with Crippen LogP contribution in [0.15, 0.2) is 0 Å². The van der Waals surface area contributed by atoms with Gasteiger partial charge in [0.25, 0.3) is 0 Å². The van der Waals surface area contributed by atoms with Gasteiger partial charge >= 0.3 is 23.9 Å². The molecule has 5 unspecified atom stereocenters. The van der Waals surface area contributed by atoms with E-state index in [1.165, 1.54) is 0 Å².